The Morgan fingerprint density at radius 1 is 1.15 bits per heavy atom. The third kappa shape index (κ3) is 3.96. The van der Waals surface area contributed by atoms with Gasteiger partial charge >= 0.3 is 0 Å². The van der Waals surface area contributed by atoms with Crippen LogP contribution in [-0.4, -0.2) is 36.6 Å². The summed E-state index contributed by atoms with van der Waals surface area (Å²) in [7, 11) is 2.23. The predicted molar refractivity (Wildman–Crippen MR) is 83.5 cm³/mol. The number of likely N-dealkylation sites (N-methyl/N-ethyl adjacent to an activating group) is 1. The fourth-order valence-electron chi connectivity index (χ4n) is 3.64. The Morgan fingerprint density at radius 3 is 2.30 bits per heavy atom. The first kappa shape index (κ1) is 15.8. The van der Waals surface area contributed by atoms with Gasteiger partial charge in [-0.25, -0.2) is 0 Å². The molecule has 0 radical (unpaired) electrons. The first-order valence-corrected chi connectivity index (χ1v) is 8.58. The van der Waals surface area contributed by atoms with Crippen molar-refractivity contribution in [3.63, 3.8) is 0 Å². The molecule has 1 unspecified atom stereocenters. The van der Waals surface area contributed by atoms with Gasteiger partial charge in [0, 0.05) is 12.6 Å². The van der Waals surface area contributed by atoms with Crippen molar-refractivity contribution < 1.29 is 0 Å². The number of nitrogens with one attached hydrogen (secondary N) is 1. The highest BCUT2D eigenvalue weighted by atomic mass is 15.2. The van der Waals surface area contributed by atoms with Gasteiger partial charge in [0.25, 0.3) is 0 Å². The first-order valence-electron chi connectivity index (χ1n) is 8.58. The molecule has 20 heavy (non-hydrogen) atoms. The molecule has 0 aromatic rings. The number of hydrogen-bond acceptors (Lipinski definition) is 3. The van der Waals surface area contributed by atoms with E-state index in [0.717, 1.165) is 19.5 Å². The molecule has 2 saturated carbocycles. The Kier molecular flexibility index (Phi) is 5.86. The lowest BCUT2D eigenvalue weighted by atomic mass is 9.92. The summed E-state index contributed by atoms with van der Waals surface area (Å²) < 4.78 is 0. The van der Waals surface area contributed by atoms with E-state index in [1.54, 1.807) is 0 Å². The molecule has 0 saturated heterocycles. The van der Waals surface area contributed by atoms with Crippen LogP contribution in [0.15, 0.2) is 0 Å². The van der Waals surface area contributed by atoms with E-state index >= 15 is 0 Å². The molecule has 0 aromatic carbocycles. The summed E-state index contributed by atoms with van der Waals surface area (Å²) in [6, 6.07) is 3.33. The molecule has 0 bridgehead atoms. The fraction of sp³-hybridized carbons (Fsp3) is 0.941. The van der Waals surface area contributed by atoms with Crippen molar-refractivity contribution in [1.82, 2.24) is 10.2 Å². The lowest BCUT2D eigenvalue weighted by Gasteiger charge is -2.36. The van der Waals surface area contributed by atoms with Gasteiger partial charge in [-0.2, -0.15) is 5.26 Å². The average Bonchev–Trinajstić information content (AvgIpc) is 3.29. The van der Waals surface area contributed by atoms with Crippen LogP contribution in [0.3, 0.4) is 0 Å². The van der Waals surface area contributed by atoms with Gasteiger partial charge in [-0.15, -0.1) is 0 Å². The smallest absolute Gasteiger partial charge is 0.122 e. The first-order chi connectivity index (χ1) is 9.72. The highest BCUT2D eigenvalue weighted by molar-refractivity contribution is 5.16. The van der Waals surface area contributed by atoms with Crippen LogP contribution in [0, 0.1) is 17.2 Å². The Hall–Kier alpha value is -0.590. The van der Waals surface area contributed by atoms with Gasteiger partial charge in [0.15, 0.2) is 0 Å². The molecule has 0 aliphatic heterocycles. The van der Waals surface area contributed by atoms with Crippen molar-refractivity contribution >= 4 is 0 Å². The van der Waals surface area contributed by atoms with E-state index in [1.807, 2.05) is 0 Å². The standard InChI is InChI=1S/C17H31N3/c1-3-12-19-17(13-18,15-10-11-15)14-20(2)16-8-6-4-5-7-9-16/h15-16,19H,3-12,14H2,1-2H3. The third-order valence-electron chi connectivity index (χ3n) is 5.11. The van der Waals surface area contributed by atoms with E-state index in [2.05, 4.69) is 30.3 Å². The fourth-order valence-corrected chi connectivity index (χ4v) is 3.64. The maximum absolute atomic E-state index is 9.78. The summed E-state index contributed by atoms with van der Waals surface area (Å²) in [6.07, 6.45) is 11.7. The van der Waals surface area contributed by atoms with E-state index in [-0.39, 0.29) is 5.54 Å². The summed E-state index contributed by atoms with van der Waals surface area (Å²) in [5.74, 6) is 0.576. The van der Waals surface area contributed by atoms with E-state index in [1.165, 1.54) is 51.4 Å². The topological polar surface area (TPSA) is 39.1 Å². The summed E-state index contributed by atoms with van der Waals surface area (Å²) in [4.78, 5) is 2.48. The van der Waals surface area contributed by atoms with Gasteiger partial charge in [0.2, 0.25) is 0 Å². The molecule has 114 valence electrons. The zero-order chi connectivity index (χ0) is 14.4. The highest BCUT2D eigenvalue weighted by Crippen LogP contribution is 2.40. The second-order valence-corrected chi connectivity index (χ2v) is 6.84. The average molecular weight is 277 g/mol. The Balaban J connectivity index is 1.97. The lowest BCUT2D eigenvalue weighted by molar-refractivity contribution is 0.164. The summed E-state index contributed by atoms with van der Waals surface area (Å²) in [5.41, 5.74) is -0.295. The molecule has 0 spiro atoms. The molecule has 3 heteroatoms. The second kappa shape index (κ2) is 7.43. The van der Waals surface area contributed by atoms with Crippen molar-refractivity contribution in [1.29, 1.82) is 5.26 Å². The third-order valence-corrected chi connectivity index (χ3v) is 5.11. The zero-order valence-electron chi connectivity index (χ0n) is 13.3. The molecule has 1 N–H and O–H groups in total. The lowest BCUT2D eigenvalue weighted by Crippen LogP contribution is -2.55. The zero-order valence-corrected chi connectivity index (χ0v) is 13.3. The highest BCUT2D eigenvalue weighted by Gasteiger charge is 2.46. The largest absolute Gasteiger partial charge is 0.301 e. The maximum atomic E-state index is 9.78. The Labute approximate surface area is 124 Å². The SMILES string of the molecule is CCCNC(C#N)(CN(C)C1CCCCCC1)C1CC1. The van der Waals surface area contributed by atoms with E-state index < -0.39 is 0 Å². The van der Waals surface area contributed by atoms with Gasteiger partial charge in [-0.1, -0.05) is 32.6 Å². The Morgan fingerprint density at radius 2 is 1.80 bits per heavy atom. The van der Waals surface area contributed by atoms with Crippen molar-refractivity contribution in [2.24, 2.45) is 5.92 Å². The molecule has 2 aliphatic carbocycles. The van der Waals surface area contributed by atoms with Gasteiger partial charge in [0.1, 0.15) is 5.54 Å². The summed E-state index contributed by atoms with van der Waals surface area (Å²) in [5, 5.41) is 13.4. The van der Waals surface area contributed by atoms with Gasteiger partial charge in [0.05, 0.1) is 6.07 Å². The molecule has 2 aliphatic rings. The van der Waals surface area contributed by atoms with Crippen LogP contribution in [0.4, 0.5) is 0 Å². The van der Waals surface area contributed by atoms with Crippen LogP contribution >= 0.6 is 0 Å². The molecule has 1 atom stereocenters. The molecular weight excluding hydrogens is 246 g/mol. The normalized spacial score (nSPS) is 24.1. The van der Waals surface area contributed by atoms with Gasteiger partial charge < -0.3 is 4.90 Å². The number of hydrogen-bond donors (Lipinski definition) is 1. The monoisotopic (exact) mass is 277 g/mol. The molecule has 2 rings (SSSR count). The van der Waals surface area contributed by atoms with E-state index in [0.29, 0.717) is 12.0 Å². The van der Waals surface area contributed by atoms with Crippen LogP contribution in [0.2, 0.25) is 0 Å². The minimum atomic E-state index is -0.295. The Bertz CT molecular complexity index is 324. The van der Waals surface area contributed by atoms with Crippen LogP contribution in [-0.2, 0) is 0 Å². The van der Waals surface area contributed by atoms with Crippen molar-refractivity contribution in [2.75, 3.05) is 20.1 Å². The maximum Gasteiger partial charge on any atom is 0.122 e. The quantitative estimate of drug-likeness (QED) is 0.726. The number of rotatable bonds is 7. The van der Waals surface area contributed by atoms with Crippen LogP contribution < -0.4 is 5.32 Å². The molecule has 2 fully saturated rings. The van der Waals surface area contributed by atoms with E-state index in [9.17, 15) is 5.26 Å². The summed E-state index contributed by atoms with van der Waals surface area (Å²) in [6.45, 7) is 4.04. The van der Waals surface area contributed by atoms with Crippen molar-refractivity contribution in [2.45, 2.75) is 76.3 Å². The van der Waals surface area contributed by atoms with Crippen LogP contribution in [0.25, 0.3) is 0 Å². The number of nitrogens with zero attached hydrogens (tertiary/aromatic N) is 2. The molecular formula is C17H31N3. The summed E-state index contributed by atoms with van der Waals surface area (Å²) >= 11 is 0. The van der Waals surface area contributed by atoms with E-state index in [4.69, 9.17) is 0 Å². The van der Waals surface area contributed by atoms with Crippen LogP contribution in [0.5, 0.6) is 0 Å². The van der Waals surface area contributed by atoms with Gasteiger partial charge in [-0.3, -0.25) is 5.32 Å². The minimum Gasteiger partial charge on any atom is -0.301 e. The van der Waals surface area contributed by atoms with Crippen molar-refractivity contribution in [3.05, 3.63) is 0 Å². The van der Waals surface area contributed by atoms with Crippen molar-refractivity contribution in [3.8, 4) is 6.07 Å². The second-order valence-electron chi connectivity index (χ2n) is 6.84. The molecule has 0 aromatic heterocycles. The predicted octanol–water partition coefficient (Wildman–Crippen LogP) is 3.31. The molecule has 0 amide bonds. The molecule has 3 nitrogen and oxygen atoms in total. The molecule has 0 heterocycles. The van der Waals surface area contributed by atoms with Gasteiger partial charge in [-0.05, 0) is 51.6 Å². The number of nitriles is 1. The van der Waals surface area contributed by atoms with Crippen LogP contribution in [0.1, 0.15) is 64.7 Å². The minimum absolute atomic E-state index is 0.295.